The van der Waals surface area contributed by atoms with Crippen LogP contribution in [0, 0.1) is 11.3 Å². The van der Waals surface area contributed by atoms with Crippen molar-refractivity contribution in [3.63, 3.8) is 0 Å². The molecule has 2 atom stereocenters. The molecule has 4 rings (SSSR count). The van der Waals surface area contributed by atoms with Gasteiger partial charge in [-0.25, -0.2) is 13.4 Å². The van der Waals surface area contributed by atoms with Crippen molar-refractivity contribution in [2.24, 2.45) is 11.3 Å². The van der Waals surface area contributed by atoms with Crippen molar-refractivity contribution in [1.82, 2.24) is 9.29 Å². The highest BCUT2D eigenvalue weighted by Crippen LogP contribution is 2.56. The van der Waals surface area contributed by atoms with Crippen molar-refractivity contribution in [1.29, 1.82) is 0 Å². The molecule has 20 heavy (non-hydrogen) atoms. The van der Waals surface area contributed by atoms with Gasteiger partial charge in [0.2, 0.25) is 0 Å². The van der Waals surface area contributed by atoms with Crippen LogP contribution in [0.2, 0.25) is 0 Å². The molecule has 2 aliphatic heterocycles. The van der Waals surface area contributed by atoms with Crippen molar-refractivity contribution >= 4 is 10.0 Å². The van der Waals surface area contributed by atoms with E-state index in [-0.39, 0.29) is 16.5 Å². The number of rotatable bonds is 2. The van der Waals surface area contributed by atoms with Crippen LogP contribution in [0.3, 0.4) is 0 Å². The monoisotopic (exact) mass is 294 g/mol. The van der Waals surface area contributed by atoms with Gasteiger partial charge < -0.3 is 4.74 Å². The fourth-order valence-electron chi connectivity index (χ4n) is 4.00. The lowest BCUT2D eigenvalue weighted by Crippen LogP contribution is -2.40. The molecule has 1 spiro atoms. The van der Waals surface area contributed by atoms with Gasteiger partial charge in [-0.3, -0.25) is 0 Å². The summed E-state index contributed by atoms with van der Waals surface area (Å²) in [4.78, 5) is 4.03. The van der Waals surface area contributed by atoms with Crippen LogP contribution < -0.4 is 0 Å². The molecule has 0 amide bonds. The second-order valence-corrected chi connectivity index (χ2v) is 7.98. The van der Waals surface area contributed by atoms with E-state index in [2.05, 4.69) is 4.98 Å². The van der Waals surface area contributed by atoms with Gasteiger partial charge in [-0.1, -0.05) is 12.5 Å². The third-order valence-electron chi connectivity index (χ3n) is 5.24. The molecule has 2 saturated heterocycles. The van der Waals surface area contributed by atoms with E-state index in [0.29, 0.717) is 25.7 Å². The highest BCUT2D eigenvalue weighted by Gasteiger charge is 2.60. The predicted octanol–water partition coefficient (Wildman–Crippen LogP) is 1.27. The first-order valence-electron chi connectivity index (χ1n) is 7.14. The molecule has 0 radical (unpaired) electrons. The van der Waals surface area contributed by atoms with Gasteiger partial charge in [0.15, 0.2) is 5.03 Å². The van der Waals surface area contributed by atoms with E-state index in [1.165, 1.54) is 12.6 Å². The number of ether oxygens (including phenoxy) is 1. The summed E-state index contributed by atoms with van der Waals surface area (Å²) in [7, 11) is -3.50. The number of fused-ring (bicyclic) bond motifs is 2. The van der Waals surface area contributed by atoms with Gasteiger partial charge in [-0.15, -0.1) is 0 Å². The molecule has 0 aromatic carbocycles. The quantitative estimate of drug-likeness (QED) is 0.824. The molecule has 1 saturated carbocycles. The number of sulfonamides is 1. The van der Waals surface area contributed by atoms with E-state index in [9.17, 15) is 8.42 Å². The van der Waals surface area contributed by atoms with Crippen LogP contribution in [-0.4, -0.2) is 43.5 Å². The summed E-state index contributed by atoms with van der Waals surface area (Å²) in [5.74, 6) is 0.370. The molecule has 3 fully saturated rings. The van der Waals surface area contributed by atoms with E-state index < -0.39 is 10.0 Å². The van der Waals surface area contributed by atoms with Gasteiger partial charge in [0.05, 0.1) is 19.3 Å². The molecule has 0 unspecified atom stereocenters. The van der Waals surface area contributed by atoms with Gasteiger partial charge in [0.1, 0.15) is 0 Å². The summed E-state index contributed by atoms with van der Waals surface area (Å²) >= 11 is 0. The Morgan fingerprint density at radius 2 is 2.15 bits per heavy atom. The molecule has 1 aliphatic carbocycles. The van der Waals surface area contributed by atoms with Gasteiger partial charge in [0.25, 0.3) is 10.0 Å². The Labute approximate surface area is 119 Å². The van der Waals surface area contributed by atoms with Crippen molar-refractivity contribution in [2.45, 2.75) is 30.3 Å². The molecule has 1 aromatic rings. The summed E-state index contributed by atoms with van der Waals surface area (Å²) in [5, 5.41) is 0.155. The van der Waals surface area contributed by atoms with E-state index in [0.717, 1.165) is 12.8 Å². The maximum absolute atomic E-state index is 12.8. The van der Waals surface area contributed by atoms with Crippen LogP contribution in [0.15, 0.2) is 29.4 Å². The van der Waals surface area contributed by atoms with Crippen molar-refractivity contribution in [3.05, 3.63) is 24.4 Å². The number of aromatic nitrogens is 1. The first-order chi connectivity index (χ1) is 9.63. The molecule has 108 valence electrons. The second kappa shape index (κ2) is 4.26. The molecule has 0 bridgehead atoms. The van der Waals surface area contributed by atoms with Gasteiger partial charge in [-0.2, -0.15) is 4.31 Å². The lowest BCUT2D eigenvalue weighted by molar-refractivity contribution is 0.0601. The van der Waals surface area contributed by atoms with E-state index in [4.69, 9.17) is 4.74 Å². The number of hydrogen-bond acceptors (Lipinski definition) is 4. The third-order valence-corrected chi connectivity index (χ3v) is 7.03. The van der Waals surface area contributed by atoms with E-state index >= 15 is 0 Å². The Bertz CT molecular complexity index is 613. The first kappa shape index (κ1) is 12.7. The summed E-state index contributed by atoms with van der Waals surface area (Å²) in [5.41, 5.74) is 0.170. The molecule has 6 heteroatoms. The standard InChI is InChI=1S/C14H18N2O3S/c17-20(18,13-4-1-2-7-15-13)16-10-14(5-3-6-14)11-8-19-9-12(11)16/h1-2,4,7,11-12H,3,5-6,8-10H2/t11-,12+/m0/s1. The molecule has 1 aromatic heterocycles. The van der Waals surface area contributed by atoms with Crippen LogP contribution >= 0.6 is 0 Å². The third kappa shape index (κ3) is 1.61. The largest absolute Gasteiger partial charge is 0.379 e. The highest BCUT2D eigenvalue weighted by molar-refractivity contribution is 7.89. The van der Waals surface area contributed by atoms with Gasteiger partial charge >= 0.3 is 0 Å². The maximum atomic E-state index is 12.8. The average molecular weight is 294 g/mol. The van der Waals surface area contributed by atoms with Crippen LogP contribution in [0.5, 0.6) is 0 Å². The molecular formula is C14H18N2O3S. The highest BCUT2D eigenvalue weighted by atomic mass is 32.2. The first-order valence-corrected chi connectivity index (χ1v) is 8.58. The SMILES string of the molecule is O=S(=O)(c1ccccn1)N1CC2(CCC2)[C@H]2COC[C@H]21. The molecule has 3 aliphatic rings. The van der Waals surface area contributed by atoms with Crippen LogP contribution in [0.1, 0.15) is 19.3 Å². The zero-order chi connectivity index (χ0) is 13.8. The second-order valence-electron chi connectivity index (χ2n) is 6.15. The Kier molecular flexibility index (Phi) is 2.71. The zero-order valence-electron chi connectivity index (χ0n) is 11.2. The minimum Gasteiger partial charge on any atom is -0.379 e. The zero-order valence-corrected chi connectivity index (χ0v) is 12.1. The lowest BCUT2D eigenvalue weighted by atomic mass is 9.62. The van der Waals surface area contributed by atoms with Gasteiger partial charge in [-0.05, 0) is 30.4 Å². The van der Waals surface area contributed by atoms with Crippen molar-refractivity contribution in [2.75, 3.05) is 19.8 Å². The number of hydrogen-bond donors (Lipinski definition) is 0. The fraction of sp³-hybridized carbons (Fsp3) is 0.643. The fourth-order valence-corrected chi connectivity index (χ4v) is 5.68. The lowest BCUT2D eigenvalue weighted by Gasteiger charge is -2.42. The van der Waals surface area contributed by atoms with E-state index in [1.54, 1.807) is 22.5 Å². The summed E-state index contributed by atoms with van der Waals surface area (Å²) in [6, 6.07) is 5.03. The van der Waals surface area contributed by atoms with Gasteiger partial charge in [0, 0.05) is 18.7 Å². The Morgan fingerprint density at radius 3 is 2.80 bits per heavy atom. The normalized spacial score (nSPS) is 32.2. The van der Waals surface area contributed by atoms with Crippen molar-refractivity contribution in [3.8, 4) is 0 Å². The van der Waals surface area contributed by atoms with Crippen molar-refractivity contribution < 1.29 is 13.2 Å². The van der Waals surface area contributed by atoms with Crippen LogP contribution in [0.25, 0.3) is 0 Å². The average Bonchev–Trinajstić information content (AvgIpc) is 2.98. The molecular weight excluding hydrogens is 276 g/mol. The Hall–Kier alpha value is -0.980. The van der Waals surface area contributed by atoms with E-state index in [1.807, 2.05) is 0 Å². The molecule has 5 nitrogen and oxygen atoms in total. The van der Waals surface area contributed by atoms with Crippen LogP contribution in [-0.2, 0) is 14.8 Å². The minimum atomic E-state index is -3.50. The topological polar surface area (TPSA) is 59.5 Å². The number of nitrogens with zero attached hydrogens (tertiary/aromatic N) is 2. The Balaban J connectivity index is 1.72. The summed E-state index contributed by atoms with van der Waals surface area (Å²) < 4.78 is 32.9. The molecule has 0 N–H and O–H groups in total. The minimum absolute atomic E-state index is 0.00214. The molecule has 3 heterocycles. The maximum Gasteiger partial charge on any atom is 0.260 e. The van der Waals surface area contributed by atoms with Crippen LogP contribution in [0.4, 0.5) is 0 Å². The summed E-state index contributed by atoms with van der Waals surface area (Å²) in [6.45, 7) is 1.88. The predicted molar refractivity (Wildman–Crippen MR) is 72.5 cm³/mol. The smallest absolute Gasteiger partial charge is 0.260 e. The number of pyridine rings is 1. The summed E-state index contributed by atoms with van der Waals surface area (Å²) in [6.07, 6.45) is 5.00. The Morgan fingerprint density at radius 1 is 1.30 bits per heavy atom.